The molecule has 0 saturated carbocycles. The molecule has 10 heteroatoms. The maximum Gasteiger partial charge on any atom is 0.238 e. The highest BCUT2D eigenvalue weighted by Crippen LogP contribution is 2.09. The van der Waals surface area contributed by atoms with Crippen molar-refractivity contribution in [2.24, 2.45) is 16.0 Å². The highest BCUT2D eigenvalue weighted by atomic mass is 127. The first-order valence-electron chi connectivity index (χ1n) is 10.1. The Hall–Kier alpha value is -1.63. The Morgan fingerprint density at radius 3 is 2.48 bits per heavy atom. The van der Waals surface area contributed by atoms with Crippen molar-refractivity contribution >= 4 is 40.0 Å². The minimum Gasteiger partial charge on any atom is -0.469 e. The topological polar surface area (TPSA) is 119 Å². The van der Waals surface area contributed by atoms with Crippen LogP contribution in [0.4, 0.5) is 0 Å². The van der Waals surface area contributed by atoms with Gasteiger partial charge in [0.15, 0.2) is 5.96 Å². The van der Waals surface area contributed by atoms with Gasteiger partial charge >= 0.3 is 0 Å². The molecule has 0 fully saturated rings. The highest BCUT2D eigenvalue weighted by molar-refractivity contribution is 14.0. The first-order valence-corrected chi connectivity index (χ1v) is 11.6. The molecule has 0 saturated heterocycles. The average molecular weight is 564 g/mol. The fourth-order valence-corrected chi connectivity index (χ4v) is 3.10. The number of guanidine groups is 1. The van der Waals surface area contributed by atoms with Crippen molar-refractivity contribution in [1.82, 2.24) is 10.6 Å². The number of furan rings is 1. The maximum absolute atomic E-state index is 11.4. The summed E-state index contributed by atoms with van der Waals surface area (Å²) in [7, 11) is -3.69. The summed E-state index contributed by atoms with van der Waals surface area (Å²) in [6.07, 6.45) is 3.27. The summed E-state index contributed by atoms with van der Waals surface area (Å²) in [6, 6.07) is 10.2. The van der Waals surface area contributed by atoms with Crippen LogP contribution in [-0.2, 0) is 27.7 Å². The van der Waals surface area contributed by atoms with E-state index in [0.717, 1.165) is 37.3 Å². The molecule has 31 heavy (non-hydrogen) atoms. The molecule has 0 unspecified atom stereocenters. The number of benzene rings is 1. The van der Waals surface area contributed by atoms with E-state index in [0.29, 0.717) is 31.6 Å². The summed E-state index contributed by atoms with van der Waals surface area (Å²) < 4.78 is 33.7. The number of hydrogen-bond donors (Lipinski definition) is 3. The number of sulfonamides is 1. The summed E-state index contributed by atoms with van der Waals surface area (Å²) >= 11 is 0. The second kappa shape index (κ2) is 14.4. The lowest BCUT2D eigenvalue weighted by Gasteiger charge is -2.13. The van der Waals surface area contributed by atoms with Crippen LogP contribution in [0.2, 0.25) is 0 Å². The van der Waals surface area contributed by atoms with Crippen LogP contribution in [-0.4, -0.2) is 40.7 Å². The van der Waals surface area contributed by atoms with Crippen LogP contribution in [0.25, 0.3) is 0 Å². The lowest BCUT2D eigenvalue weighted by atomic mass is 10.2. The molecule has 174 valence electrons. The summed E-state index contributed by atoms with van der Waals surface area (Å²) in [4.78, 5) is 4.68. The standard InChI is InChI=1S/C21H32N4O4S.HI/c1-17(2)16-28-13-4-11-23-21(24-12-10-19-5-3-14-29-19)25-15-18-6-8-20(9-7-18)30(22,26)27;/h3,5-9,14,17H,4,10-13,15-16H2,1-2H3,(H2,22,26,27)(H2,23,24,25);1H. The molecular formula is C21H33IN4O4S. The lowest BCUT2D eigenvalue weighted by Crippen LogP contribution is -2.39. The molecule has 2 rings (SSSR count). The first kappa shape index (κ1) is 27.4. The van der Waals surface area contributed by atoms with Crippen molar-refractivity contribution in [2.45, 2.75) is 38.1 Å². The van der Waals surface area contributed by atoms with Gasteiger partial charge in [-0.15, -0.1) is 24.0 Å². The Kier molecular flexibility index (Phi) is 12.8. The van der Waals surface area contributed by atoms with E-state index in [2.05, 4.69) is 29.5 Å². The van der Waals surface area contributed by atoms with E-state index in [4.69, 9.17) is 14.3 Å². The zero-order chi connectivity index (χ0) is 21.8. The third kappa shape index (κ3) is 11.5. The zero-order valence-corrected chi connectivity index (χ0v) is 21.2. The van der Waals surface area contributed by atoms with Crippen LogP contribution in [0, 0.1) is 5.92 Å². The molecule has 4 N–H and O–H groups in total. The predicted molar refractivity (Wildman–Crippen MR) is 133 cm³/mol. The van der Waals surface area contributed by atoms with E-state index < -0.39 is 10.0 Å². The number of aliphatic imine (C=N–C) groups is 1. The van der Waals surface area contributed by atoms with Gasteiger partial charge < -0.3 is 19.8 Å². The molecule has 0 aliphatic carbocycles. The predicted octanol–water partition coefficient (Wildman–Crippen LogP) is 2.89. The lowest BCUT2D eigenvalue weighted by molar-refractivity contribution is 0.108. The van der Waals surface area contributed by atoms with E-state index in [1.54, 1.807) is 18.4 Å². The number of ether oxygens (including phenoxy) is 1. The van der Waals surface area contributed by atoms with Gasteiger partial charge in [-0.1, -0.05) is 26.0 Å². The largest absolute Gasteiger partial charge is 0.469 e. The number of nitrogens with two attached hydrogens (primary N) is 1. The summed E-state index contributed by atoms with van der Waals surface area (Å²) in [5.74, 6) is 2.11. The molecule has 0 radical (unpaired) electrons. The molecule has 8 nitrogen and oxygen atoms in total. The number of halogens is 1. The molecule has 0 aliphatic rings. The van der Waals surface area contributed by atoms with Crippen LogP contribution >= 0.6 is 24.0 Å². The van der Waals surface area contributed by atoms with Crippen LogP contribution in [0.3, 0.4) is 0 Å². The van der Waals surface area contributed by atoms with E-state index in [9.17, 15) is 8.42 Å². The monoisotopic (exact) mass is 564 g/mol. The number of hydrogen-bond acceptors (Lipinski definition) is 5. The van der Waals surface area contributed by atoms with Gasteiger partial charge in [-0.3, -0.25) is 0 Å². The van der Waals surface area contributed by atoms with Crippen LogP contribution in [0.1, 0.15) is 31.6 Å². The molecular weight excluding hydrogens is 531 g/mol. The maximum atomic E-state index is 11.4. The molecule has 0 bridgehead atoms. The number of rotatable bonds is 12. The molecule has 0 spiro atoms. The molecule has 0 atom stereocenters. The third-order valence-corrected chi connectivity index (χ3v) is 5.05. The normalized spacial score (nSPS) is 11.9. The average Bonchev–Trinajstić information content (AvgIpc) is 3.21. The molecule has 0 aliphatic heterocycles. The Morgan fingerprint density at radius 2 is 1.87 bits per heavy atom. The Labute approximate surface area is 202 Å². The van der Waals surface area contributed by atoms with Crippen molar-refractivity contribution < 1.29 is 17.6 Å². The first-order chi connectivity index (χ1) is 14.3. The van der Waals surface area contributed by atoms with Crippen LogP contribution in [0.15, 0.2) is 57.0 Å². The van der Waals surface area contributed by atoms with E-state index in [1.165, 1.54) is 12.1 Å². The van der Waals surface area contributed by atoms with Gasteiger partial charge in [-0.05, 0) is 42.2 Å². The van der Waals surface area contributed by atoms with Crippen molar-refractivity contribution in [2.75, 3.05) is 26.3 Å². The molecule has 1 heterocycles. The Balaban J connectivity index is 0.00000480. The Morgan fingerprint density at radius 1 is 1.16 bits per heavy atom. The van der Waals surface area contributed by atoms with Crippen molar-refractivity contribution in [3.8, 4) is 0 Å². The van der Waals surface area contributed by atoms with Crippen LogP contribution in [0.5, 0.6) is 0 Å². The van der Waals surface area contributed by atoms with Gasteiger partial charge in [0.05, 0.1) is 17.7 Å². The summed E-state index contributed by atoms with van der Waals surface area (Å²) in [5, 5.41) is 11.7. The smallest absolute Gasteiger partial charge is 0.238 e. The molecule has 1 aromatic heterocycles. The third-order valence-electron chi connectivity index (χ3n) is 4.12. The fourth-order valence-electron chi connectivity index (χ4n) is 2.59. The van der Waals surface area contributed by atoms with Crippen LogP contribution < -0.4 is 15.8 Å². The van der Waals surface area contributed by atoms with Crippen molar-refractivity contribution in [3.63, 3.8) is 0 Å². The molecule has 1 aromatic carbocycles. The minimum absolute atomic E-state index is 0. The quantitative estimate of drug-likeness (QED) is 0.158. The van der Waals surface area contributed by atoms with E-state index >= 15 is 0 Å². The van der Waals surface area contributed by atoms with Crippen molar-refractivity contribution in [1.29, 1.82) is 0 Å². The van der Waals surface area contributed by atoms with Gasteiger partial charge in [0.1, 0.15) is 5.76 Å². The van der Waals surface area contributed by atoms with Gasteiger partial charge in [0, 0.05) is 32.7 Å². The van der Waals surface area contributed by atoms with Gasteiger partial charge in [0.2, 0.25) is 10.0 Å². The summed E-state index contributed by atoms with van der Waals surface area (Å²) in [6.45, 7) is 7.52. The molecule has 2 aromatic rings. The highest BCUT2D eigenvalue weighted by Gasteiger charge is 2.07. The zero-order valence-electron chi connectivity index (χ0n) is 18.0. The fraction of sp³-hybridized carbons (Fsp3) is 0.476. The Bertz CT molecular complexity index is 869. The van der Waals surface area contributed by atoms with E-state index in [-0.39, 0.29) is 28.9 Å². The second-order valence-corrected chi connectivity index (χ2v) is 8.92. The van der Waals surface area contributed by atoms with E-state index in [1.807, 2.05) is 12.1 Å². The second-order valence-electron chi connectivity index (χ2n) is 7.36. The SMILES string of the molecule is CC(C)COCCCNC(=NCc1ccc(S(N)(=O)=O)cc1)NCCc1ccco1.I. The number of nitrogens with zero attached hydrogens (tertiary/aromatic N) is 1. The van der Waals surface area contributed by atoms with Gasteiger partial charge in [-0.2, -0.15) is 0 Å². The number of primary sulfonamides is 1. The van der Waals surface area contributed by atoms with Gasteiger partial charge in [0.25, 0.3) is 0 Å². The molecule has 0 amide bonds. The minimum atomic E-state index is -3.69. The number of nitrogens with one attached hydrogen (secondary N) is 2. The van der Waals surface area contributed by atoms with Gasteiger partial charge in [-0.25, -0.2) is 18.5 Å². The summed E-state index contributed by atoms with van der Waals surface area (Å²) in [5.41, 5.74) is 0.884. The van der Waals surface area contributed by atoms with Crippen molar-refractivity contribution in [3.05, 3.63) is 54.0 Å².